The highest BCUT2D eigenvalue weighted by molar-refractivity contribution is 5.87. The van der Waals surface area contributed by atoms with Crippen LogP contribution in [0.1, 0.15) is 32.8 Å². The van der Waals surface area contributed by atoms with E-state index < -0.39 is 0 Å². The first-order valence-electron chi connectivity index (χ1n) is 6.21. The molecule has 0 saturated heterocycles. The minimum Gasteiger partial charge on any atom is -0.460 e. The number of carbonyl (C=O) groups is 1. The topological polar surface area (TPSA) is 52.3 Å². The van der Waals surface area contributed by atoms with Crippen LogP contribution in [0, 0.1) is 5.92 Å². The number of esters is 1. The van der Waals surface area contributed by atoms with E-state index in [2.05, 4.69) is 13.8 Å². The van der Waals surface area contributed by atoms with Gasteiger partial charge in [-0.3, -0.25) is 0 Å². The van der Waals surface area contributed by atoms with Crippen LogP contribution in [0.2, 0.25) is 0 Å². The van der Waals surface area contributed by atoms with Gasteiger partial charge in [0.1, 0.15) is 0 Å². The van der Waals surface area contributed by atoms with Crippen molar-refractivity contribution in [1.82, 2.24) is 0 Å². The Hall–Kier alpha value is -1.77. The summed E-state index contributed by atoms with van der Waals surface area (Å²) in [6, 6.07) is 7.35. The van der Waals surface area contributed by atoms with Gasteiger partial charge in [0.15, 0.2) is 0 Å². The van der Waals surface area contributed by atoms with Gasteiger partial charge in [-0.15, -0.1) is 0 Å². The second-order valence-electron chi connectivity index (χ2n) is 4.88. The van der Waals surface area contributed by atoms with Gasteiger partial charge in [0, 0.05) is 11.8 Å². The maximum absolute atomic E-state index is 11.6. The Balaban J connectivity index is 2.49. The number of nitrogens with two attached hydrogens (primary N) is 1. The Bertz CT molecular complexity index is 424. The zero-order chi connectivity index (χ0) is 13.5. The van der Waals surface area contributed by atoms with Crippen molar-refractivity contribution in [2.24, 2.45) is 5.92 Å². The van der Waals surface area contributed by atoms with Crippen molar-refractivity contribution >= 4 is 17.7 Å². The van der Waals surface area contributed by atoms with Crippen molar-refractivity contribution < 1.29 is 9.53 Å². The summed E-state index contributed by atoms with van der Waals surface area (Å²) in [5.41, 5.74) is 7.22. The van der Waals surface area contributed by atoms with Crippen molar-refractivity contribution in [3.05, 3.63) is 35.9 Å². The molecule has 2 N–H and O–H groups in total. The van der Waals surface area contributed by atoms with Gasteiger partial charge >= 0.3 is 5.97 Å². The monoisotopic (exact) mass is 247 g/mol. The number of carbonyl (C=O) groups excluding carboxylic acids is 1. The lowest BCUT2D eigenvalue weighted by atomic mass is 10.1. The molecular formula is C15H21NO2. The maximum Gasteiger partial charge on any atom is 0.331 e. The fourth-order valence-corrected chi connectivity index (χ4v) is 1.78. The highest BCUT2D eigenvalue weighted by Crippen LogP contribution is 2.10. The van der Waals surface area contributed by atoms with Crippen molar-refractivity contribution in [3.8, 4) is 0 Å². The lowest BCUT2D eigenvalue weighted by Gasteiger charge is -2.13. The van der Waals surface area contributed by atoms with Gasteiger partial charge in [0.2, 0.25) is 0 Å². The van der Waals surface area contributed by atoms with Crippen LogP contribution in [0.4, 0.5) is 5.69 Å². The normalized spacial score (nSPS) is 12.9. The van der Waals surface area contributed by atoms with Crippen molar-refractivity contribution in [1.29, 1.82) is 0 Å². The number of benzene rings is 1. The molecule has 0 amide bonds. The quantitative estimate of drug-likeness (QED) is 0.493. The molecular weight excluding hydrogens is 226 g/mol. The molecule has 0 aliphatic heterocycles. The zero-order valence-electron chi connectivity index (χ0n) is 11.2. The van der Waals surface area contributed by atoms with Gasteiger partial charge in [-0.2, -0.15) is 0 Å². The summed E-state index contributed by atoms with van der Waals surface area (Å²) in [4.78, 5) is 11.6. The Morgan fingerprint density at radius 3 is 2.72 bits per heavy atom. The molecule has 3 nitrogen and oxygen atoms in total. The molecule has 3 heteroatoms. The Kier molecular flexibility index (Phi) is 5.43. The van der Waals surface area contributed by atoms with Gasteiger partial charge in [-0.05, 0) is 43.0 Å². The third-order valence-corrected chi connectivity index (χ3v) is 2.44. The molecule has 0 spiro atoms. The van der Waals surface area contributed by atoms with Crippen LogP contribution in [-0.4, -0.2) is 12.1 Å². The molecule has 0 radical (unpaired) electrons. The summed E-state index contributed by atoms with van der Waals surface area (Å²) < 4.78 is 5.26. The van der Waals surface area contributed by atoms with E-state index in [0.29, 0.717) is 11.6 Å². The molecule has 0 fully saturated rings. The van der Waals surface area contributed by atoms with Crippen LogP contribution in [0.5, 0.6) is 0 Å². The van der Waals surface area contributed by atoms with Gasteiger partial charge < -0.3 is 10.5 Å². The SMILES string of the molecule is CC(C)CC(C)OC(=O)/C=C/c1cccc(N)c1. The fourth-order valence-electron chi connectivity index (χ4n) is 1.78. The summed E-state index contributed by atoms with van der Waals surface area (Å²) in [6.45, 7) is 6.12. The van der Waals surface area contributed by atoms with E-state index in [0.717, 1.165) is 12.0 Å². The first-order valence-corrected chi connectivity index (χ1v) is 6.21. The summed E-state index contributed by atoms with van der Waals surface area (Å²) in [5, 5.41) is 0. The van der Waals surface area contributed by atoms with E-state index in [9.17, 15) is 4.79 Å². The molecule has 0 heterocycles. The van der Waals surface area contributed by atoms with E-state index in [1.54, 1.807) is 18.2 Å². The van der Waals surface area contributed by atoms with Crippen LogP contribution in [-0.2, 0) is 9.53 Å². The van der Waals surface area contributed by atoms with E-state index >= 15 is 0 Å². The Morgan fingerprint density at radius 2 is 2.11 bits per heavy atom. The summed E-state index contributed by atoms with van der Waals surface area (Å²) in [5.74, 6) is 0.205. The highest BCUT2D eigenvalue weighted by atomic mass is 16.5. The van der Waals surface area contributed by atoms with E-state index in [-0.39, 0.29) is 12.1 Å². The van der Waals surface area contributed by atoms with Crippen LogP contribution in [0.15, 0.2) is 30.3 Å². The third kappa shape index (κ3) is 5.53. The van der Waals surface area contributed by atoms with Gasteiger partial charge in [0.05, 0.1) is 6.10 Å². The van der Waals surface area contributed by atoms with Crippen LogP contribution in [0.3, 0.4) is 0 Å². The Labute approximate surface area is 109 Å². The molecule has 1 unspecified atom stereocenters. The van der Waals surface area contributed by atoms with E-state index in [1.165, 1.54) is 6.08 Å². The van der Waals surface area contributed by atoms with Crippen molar-refractivity contribution in [2.45, 2.75) is 33.3 Å². The number of rotatable bonds is 5. The predicted octanol–water partition coefficient (Wildman–Crippen LogP) is 3.26. The summed E-state index contributed by atoms with van der Waals surface area (Å²) in [7, 11) is 0. The van der Waals surface area contributed by atoms with Crippen molar-refractivity contribution in [2.75, 3.05) is 5.73 Å². The van der Waals surface area contributed by atoms with E-state index in [1.807, 2.05) is 19.1 Å². The number of hydrogen-bond donors (Lipinski definition) is 1. The lowest BCUT2D eigenvalue weighted by molar-refractivity contribution is -0.142. The molecule has 1 rings (SSSR count). The molecule has 1 aromatic rings. The number of nitrogen functional groups attached to an aromatic ring is 1. The highest BCUT2D eigenvalue weighted by Gasteiger charge is 2.08. The van der Waals surface area contributed by atoms with Crippen LogP contribution < -0.4 is 5.73 Å². The van der Waals surface area contributed by atoms with E-state index in [4.69, 9.17) is 10.5 Å². The van der Waals surface area contributed by atoms with Crippen molar-refractivity contribution in [3.63, 3.8) is 0 Å². The van der Waals surface area contributed by atoms with Gasteiger partial charge in [-0.25, -0.2) is 4.79 Å². The molecule has 1 aromatic carbocycles. The average molecular weight is 247 g/mol. The Morgan fingerprint density at radius 1 is 1.39 bits per heavy atom. The van der Waals surface area contributed by atoms with Crippen LogP contribution >= 0.6 is 0 Å². The maximum atomic E-state index is 11.6. The minimum absolute atomic E-state index is 0.0528. The first-order chi connectivity index (χ1) is 8.47. The summed E-state index contributed by atoms with van der Waals surface area (Å²) in [6.07, 6.45) is 3.97. The molecule has 0 aliphatic rings. The van der Waals surface area contributed by atoms with Gasteiger partial charge in [0.25, 0.3) is 0 Å². The second-order valence-corrected chi connectivity index (χ2v) is 4.88. The lowest BCUT2D eigenvalue weighted by Crippen LogP contribution is -2.15. The summed E-state index contributed by atoms with van der Waals surface area (Å²) >= 11 is 0. The standard InChI is InChI=1S/C15H21NO2/c1-11(2)9-12(3)18-15(17)8-7-13-5-4-6-14(16)10-13/h4-8,10-12H,9,16H2,1-3H3/b8-7+. The van der Waals surface area contributed by atoms with Gasteiger partial charge in [-0.1, -0.05) is 26.0 Å². The minimum atomic E-state index is -0.314. The zero-order valence-corrected chi connectivity index (χ0v) is 11.2. The molecule has 0 saturated carbocycles. The smallest absolute Gasteiger partial charge is 0.331 e. The molecule has 0 aromatic heterocycles. The molecule has 1 atom stereocenters. The van der Waals surface area contributed by atoms with Crippen LogP contribution in [0.25, 0.3) is 6.08 Å². The number of anilines is 1. The largest absolute Gasteiger partial charge is 0.460 e. The predicted molar refractivity (Wildman–Crippen MR) is 74.9 cm³/mol. The third-order valence-electron chi connectivity index (χ3n) is 2.44. The molecule has 0 aliphatic carbocycles. The number of ether oxygens (including phenoxy) is 1. The molecule has 0 bridgehead atoms. The fraction of sp³-hybridized carbons (Fsp3) is 0.400. The molecule has 18 heavy (non-hydrogen) atoms. The number of hydrogen-bond acceptors (Lipinski definition) is 3. The molecule has 98 valence electrons. The average Bonchev–Trinajstić information content (AvgIpc) is 2.25. The first kappa shape index (κ1) is 14.3. The second kappa shape index (κ2) is 6.84.